The fourth-order valence-corrected chi connectivity index (χ4v) is 2.81. The average Bonchev–Trinajstić information content (AvgIpc) is 2.50. The van der Waals surface area contributed by atoms with E-state index in [-0.39, 0.29) is 33.2 Å². The highest BCUT2D eigenvalue weighted by atomic mass is 35.5. The average molecular weight is 366 g/mol. The number of hydrogen-bond donors (Lipinski definition) is 2. The van der Waals surface area contributed by atoms with Gasteiger partial charge in [-0.2, -0.15) is 0 Å². The first-order valence-electron chi connectivity index (χ1n) is 7.70. The van der Waals surface area contributed by atoms with E-state index in [0.29, 0.717) is 0 Å². The summed E-state index contributed by atoms with van der Waals surface area (Å²) in [5.41, 5.74) is 7.05. The normalized spacial score (nSPS) is 14.4. The topological polar surface area (TPSA) is 46.2 Å². The number of allylic oxidation sites excluding steroid dienone is 2. The zero-order chi connectivity index (χ0) is 18.1. The van der Waals surface area contributed by atoms with Crippen LogP contribution < -0.4 is 5.73 Å². The summed E-state index contributed by atoms with van der Waals surface area (Å²) >= 11 is 5.61. The highest BCUT2D eigenvalue weighted by molar-refractivity contribution is 6.30. The number of aliphatic hydroxyl groups is 1. The molecule has 2 nitrogen and oxygen atoms in total. The van der Waals surface area contributed by atoms with E-state index >= 15 is 0 Å². The summed E-state index contributed by atoms with van der Waals surface area (Å²) in [4.78, 5) is 0. The molecule has 0 saturated heterocycles. The fourth-order valence-electron chi connectivity index (χ4n) is 2.66. The van der Waals surface area contributed by atoms with Gasteiger partial charge in [-0.1, -0.05) is 11.6 Å². The van der Waals surface area contributed by atoms with Crippen LogP contribution in [0.15, 0.2) is 47.7 Å². The van der Waals surface area contributed by atoms with E-state index in [0.717, 1.165) is 37.0 Å². The molecule has 1 fully saturated rings. The molecule has 6 heteroatoms. The Hall–Kier alpha value is -2.40. The summed E-state index contributed by atoms with van der Waals surface area (Å²) in [6, 6.07) is 6.13. The first-order chi connectivity index (χ1) is 11.9. The Bertz CT molecular complexity index is 900. The number of halogens is 4. The van der Waals surface area contributed by atoms with Crippen molar-refractivity contribution in [1.82, 2.24) is 0 Å². The lowest BCUT2D eigenvalue weighted by atomic mass is 9.89. The maximum atomic E-state index is 14.4. The zero-order valence-electron chi connectivity index (χ0n) is 13.1. The Morgan fingerprint density at radius 3 is 2.32 bits per heavy atom. The van der Waals surface area contributed by atoms with Crippen LogP contribution in [-0.4, -0.2) is 5.11 Å². The number of nitrogen functional groups attached to an aromatic ring is 1. The molecule has 0 spiro atoms. The number of aliphatic hydroxyl groups excluding tert-OH is 1. The van der Waals surface area contributed by atoms with Gasteiger partial charge in [-0.05, 0) is 66.8 Å². The van der Waals surface area contributed by atoms with E-state index in [1.807, 2.05) is 0 Å². The van der Waals surface area contributed by atoms with Crippen LogP contribution in [0.2, 0.25) is 5.02 Å². The summed E-state index contributed by atoms with van der Waals surface area (Å²) in [5.74, 6) is -2.92. The largest absolute Gasteiger partial charge is 0.508 e. The molecule has 0 atom stereocenters. The van der Waals surface area contributed by atoms with Gasteiger partial charge in [0.05, 0.1) is 5.02 Å². The third-order valence-corrected chi connectivity index (χ3v) is 4.52. The standard InChI is InChI=1S/C19H15ClF3NO/c20-15-7-6-13(18(22)19(15)23)14(9-17(25)10-2-1-3-10)12-5-4-11(21)8-16(12)24/h4-9,25H,1-3,24H2/b14-9-. The van der Waals surface area contributed by atoms with Gasteiger partial charge >= 0.3 is 0 Å². The number of anilines is 1. The molecule has 0 heterocycles. The molecule has 2 aromatic rings. The molecule has 1 aliphatic carbocycles. The second kappa shape index (κ2) is 6.84. The fraction of sp³-hybridized carbons (Fsp3) is 0.158. The van der Waals surface area contributed by atoms with Crippen molar-refractivity contribution in [1.29, 1.82) is 0 Å². The van der Waals surface area contributed by atoms with Gasteiger partial charge in [-0.15, -0.1) is 0 Å². The monoisotopic (exact) mass is 365 g/mol. The summed E-state index contributed by atoms with van der Waals surface area (Å²) in [6.45, 7) is 0. The highest BCUT2D eigenvalue weighted by Crippen LogP contribution is 2.35. The van der Waals surface area contributed by atoms with Gasteiger partial charge < -0.3 is 10.8 Å². The lowest BCUT2D eigenvalue weighted by Crippen LogP contribution is -2.04. The molecule has 3 N–H and O–H groups in total. The number of benzene rings is 2. The van der Waals surface area contributed by atoms with Crippen LogP contribution in [0.5, 0.6) is 0 Å². The summed E-state index contributed by atoms with van der Waals surface area (Å²) in [5, 5.41) is 9.92. The van der Waals surface area contributed by atoms with E-state index in [4.69, 9.17) is 17.3 Å². The van der Waals surface area contributed by atoms with Gasteiger partial charge in [-0.3, -0.25) is 0 Å². The summed E-state index contributed by atoms with van der Waals surface area (Å²) in [6.07, 6.45) is 3.78. The minimum atomic E-state index is -1.19. The van der Waals surface area contributed by atoms with E-state index in [9.17, 15) is 18.3 Å². The molecule has 0 unspecified atom stereocenters. The maximum Gasteiger partial charge on any atom is 0.178 e. The van der Waals surface area contributed by atoms with Gasteiger partial charge in [0.25, 0.3) is 0 Å². The van der Waals surface area contributed by atoms with Crippen molar-refractivity contribution in [2.75, 3.05) is 5.73 Å². The second-order valence-corrected chi connectivity index (χ2v) is 6.26. The lowest BCUT2D eigenvalue weighted by Gasteiger charge is -2.18. The van der Waals surface area contributed by atoms with Crippen LogP contribution in [0.25, 0.3) is 5.57 Å². The lowest BCUT2D eigenvalue weighted by molar-refractivity contribution is 0.407. The van der Waals surface area contributed by atoms with Crippen molar-refractivity contribution < 1.29 is 18.3 Å². The van der Waals surface area contributed by atoms with Crippen LogP contribution in [-0.2, 0) is 0 Å². The summed E-state index contributed by atoms with van der Waals surface area (Å²) in [7, 11) is 0. The van der Waals surface area contributed by atoms with Crippen LogP contribution in [0, 0.1) is 17.5 Å². The van der Waals surface area contributed by atoms with Crippen molar-refractivity contribution in [2.45, 2.75) is 19.3 Å². The molecule has 0 aliphatic heterocycles. The Morgan fingerprint density at radius 1 is 1.04 bits per heavy atom. The van der Waals surface area contributed by atoms with E-state index in [1.54, 1.807) is 0 Å². The molecule has 130 valence electrons. The molecule has 3 rings (SSSR count). The van der Waals surface area contributed by atoms with E-state index < -0.39 is 17.5 Å². The van der Waals surface area contributed by atoms with Gasteiger partial charge in [0.2, 0.25) is 0 Å². The van der Waals surface area contributed by atoms with Gasteiger partial charge in [0, 0.05) is 16.8 Å². The zero-order valence-corrected chi connectivity index (χ0v) is 13.9. The third-order valence-electron chi connectivity index (χ3n) is 4.23. The van der Waals surface area contributed by atoms with Gasteiger partial charge in [0.15, 0.2) is 11.6 Å². The van der Waals surface area contributed by atoms with Crippen molar-refractivity contribution in [3.05, 3.63) is 81.3 Å². The Balaban J connectivity index is 2.23. The van der Waals surface area contributed by atoms with Crippen LogP contribution in [0.1, 0.15) is 30.4 Å². The Labute approximate surface area is 148 Å². The molecular weight excluding hydrogens is 351 g/mol. The van der Waals surface area contributed by atoms with Crippen molar-refractivity contribution in [2.24, 2.45) is 0 Å². The Morgan fingerprint density at radius 2 is 1.72 bits per heavy atom. The predicted molar refractivity (Wildman–Crippen MR) is 92.8 cm³/mol. The number of hydrogen-bond acceptors (Lipinski definition) is 2. The third kappa shape index (κ3) is 3.37. The van der Waals surface area contributed by atoms with Crippen LogP contribution in [0.4, 0.5) is 18.9 Å². The molecule has 0 radical (unpaired) electrons. The van der Waals surface area contributed by atoms with Crippen molar-refractivity contribution in [3.63, 3.8) is 0 Å². The van der Waals surface area contributed by atoms with Crippen molar-refractivity contribution in [3.8, 4) is 0 Å². The minimum Gasteiger partial charge on any atom is -0.508 e. The minimum absolute atomic E-state index is 0.0141. The molecule has 1 saturated carbocycles. The summed E-state index contributed by atoms with van der Waals surface area (Å²) < 4.78 is 41.7. The van der Waals surface area contributed by atoms with Crippen LogP contribution in [0.3, 0.4) is 0 Å². The molecule has 0 aromatic heterocycles. The second-order valence-electron chi connectivity index (χ2n) is 5.85. The first-order valence-corrected chi connectivity index (χ1v) is 8.08. The quantitative estimate of drug-likeness (QED) is 0.412. The first kappa shape index (κ1) is 17.4. The Kier molecular flexibility index (Phi) is 4.77. The van der Waals surface area contributed by atoms with Crippen LogP contribution >= 0.6 is 11.6 Å². The smallest absolute Gasteiger partial charge is 0.178 e. The van der Waals surface area contributed by atoms with Gasteiger partial charge in [0.1, 0.15) is 11.6 Å². The molecule has 1 aliphatic rings. The SMILES string of the molecule is Nc1cc(F)ccc1/C(=C/C(O)=C1CCC1)c1ccc(Cl)c(F)c1F. The predicted octanol–water partition coefficient (Wildman–Crippen LogP) is 5.77. The maximum absolute atomic E-state index is 14.4. The number of rotatable bonds is 3. The van der Waals surface area contributed by atoms with Crippen molar-refractivity contribution >= 4 is 22.9 Å². The van der Waals surface area contributed by atoms with Gasteiger partial charge in [-0.25, -0.2) is 13.2 Å². The molecule has 0 amide bonds. The molecular formula is C19H15ClF3NO. The number of nitrogens with two attached hydrogens (primary N) is 1. The van der Waals surface area contributed by atoms with E-state index in [1.165, 1.54) is 24.3 Å². The molecule has 2 aromatic carbocycles. The highest BCUT2D eigenvalue weighted by Gasteiger charge is 2.20. The molecule has 0 bridgehead atoms. The molecule has 25 heavy (non-hydrogen) atoms. The van der Waals surface area contributed by atoms with E-state index in [2.05, 4.69) is 0 Å².